The van der Waals surface area contributed by atoms with Gasteiger partial charge in [0.1, 0.15) is 11.8 Å². The van der Waals surface area contributed by atoms with Crippen molar-refractivity contribution in [1.29, 1.82) is 0 Å². The molecule has 6 heteroatoms. The summed E-state index contributed by atoms with van der Waals surface area (Å²) in [6.45, 7) is 12.7. The number of carboxylic acid groups (broad SMARTS) is 1. The van der Waals surface area contributed by atoms with Crippen LogP contribution in [-0.2, 0) is 20.9 Å². The zero-order chi connectivity index (χ0) is 21.9. The number of likely N-dealkylation sites (tertiary alicyclic amines) is 1. The Hall–Kier alpha value is -2.08. The van der Waals surface area contributed by atoms with Gasteiger partial charge in [0.05, 0.1) is 25.2 Å². The van der Waals surface area contributed by atoms with E-state index in [2.05, 4.69) is 34.6 Å². The highest BCUT2D eigenvalue weighted by atomic mass is 16.5. The largest absolute Gasteiger partial charge is 0.497 e. The first-order chi connectivity index (χ1) is 13.4. The van der Waals surface area contributed by atoms with Gasteiger partial charge in [-0.1, -0.05) is 46.8 Å². The second-order valence-corrected chi connectivity index (χ2v) is 9.51. The summed E-state index contributed by atoms with van der Waals surface area (Å²) >= 11 is 0. The summed E-state index contributed by atoms with van der Waals surface area (Å²) in [7, 11) is 1.59. The van der Waals surface area contributed by atoms with Gasteiger partial charge < -0.3 is 19.5 Å². The molecule has 1 aliphatic heterocycles. The van der Waals surface area contributed by atoms with Crippen LogP contribution in [0.4, 0.5) is 0 Å². The SMILES string of the molecule is COc1ccc(CN2C(=O)[C@H]([C@@H](C)OC(CC(C)(C)C)C(C)C)[C@H]2C(=O)O)cc1. The lowest BCUT2D eigenvalue weighted by molar-refractivity contribution is -0.185. The van der Waals surface area contributed by atoms with E-state index in [-0.39, 0.29) is 29.9 Å². The third kappa shape index (κ3) is 5.72. The zero-order valence-corrected chi connectivity index (χ0v) is 18.6. The predicted molar refractivity (Wildman–Crippen MR) is 112 cm³/mol. The molecule has 0 radical (unpaired) electrons. The van der Waals surface area contributed by atoms with E-state index >= 15 is 0 Å². The van der Waals surface area contributed by atoms with E-state index in [1.165, 1.54) is 4.90 Å². The van der Waals surface area contributed by atoms with Crippen LogP contribution in [0.15, 0.2) is 24.3 Å². The fourth-order valence-corrected chi connectivity index (χ4v) is 3.83. The number of hydrogen-bond acceptors (Lipinski definition) is 4. The summed E-state index contributed by atoms with van der Waals surface area (Å²) < 4.78 is 11.4. The van der Waals surface area contributed by atoms with Crippen LogP contribution in [0.1, 0.15) is 53.5 Å². The molecule has 0 saturated carbocycles. The summed E-state index contributed by atoms with van der Waals surface area (Å²) in [5, 5.41) is 9.76. The zero-order valence-electron chi connectivity index (χ0n) is 18.6. The minimum absolute atomic E-state index is 0.0251. The van der Waals surface area contributed by atoms with Crippen LogP contribution in [0.3, 0.4) is 0 Å². The first kappa shape index (κ1) is 23.2. The number of rotatable bonds is 9. The van der Waals surface area contributed by atoms with Gasteiger partial charge in [-0.3, -0.25) is 4.79 Å². The van der Waals surface area contributed by atoms with Gasteiger partial charge in [0.2, 0.25) is 5.91 Å². The van der Waals surface area contributed by atoms with Crippen molar-refractivity contribution in [2.75, 3.05) is 7.11 Å². The molecular formula is C23H35NO5. The summed E-state index contributed by atoms with van der Waals surface area (Å²) in [6.07, 6.45) is 0.372. The number of carbonyl (C=O) groups excluding carboxylic acids is 1. The third-order valence-corrected chi connectivity index (χ3v) is 5.46. The van der Waals surface area contributed by atoms with E-state index in [0.717, 1.165) is 17.7 Å². The number of carbonyl (C=O) groups is 2. The Morgan fingerprint density at radius 2 is 1.76 bits per heavy atom. The molecule has 1 fully saturated rings. The molecule has 0 aliphatic carbocycles. The van der Waals surface area contributed by atoms with Crippen LogP contribution < -0.4 is 4.74 Å². The van der Waals surface area contributed by atoms with E-state index in [1.54, 1.807) is 19.2 Å². The maximum Gasteiger partial charge on any atom is 0.327 e. The van der Waals surface area contributed by atoms with Crippen molar-refractivity contribution in [3.8, 4) is 5.75 Å². The van der Waals surface area contributed by atoms with Crippen LogP contribution in [0, 0.1) is 17.3 Å². The number of ether oxygens (including phenoxy) is 2. The fourth-order valence-electron chi connectivity index (χ4n) is 3.83. The number of nitrogens with zero attached hydrogens (tertiary/aromatic N) is 1. The minimum atomic E-state index is -0.990. The van der Waals surface area contributed by atoms with Crippen molar-refractivity contribution in [3.63, 3.8) is 0 Å². The minimum Gasteiger partial charge on any atom is -0.497 e. The van der Waals surface area contributed by atoms with E-state index < -0.39 is 24.0 Å². The van der Waals surface area contributed by atoms with Gasteiger partial charge in [-0.15, -0.1) is 0 Å². The molecule has 1 saturated heterocycles. The number of amides is 1. The Kier molecular flexibility index (Phi) is 7.33. The molecule has 1 heterocycles. The van der Waals surface area contributed by atoms with Gasteiger partial charge in [-0.2, -0.15) is 0 Å². The van der Waals surface area contributed by atoms with Gasteiger partial charge in [-0.25, -0.2) is 4.79 Å². The summed E-state index contributed by atoms with van der Waals surface area (Å²) in [4.78, 5) is 26.2. The normalized spacial score (nSPS) is 21.7. The molecule has 162 valence electrons. The molecule has 0 aromatic heterocycles. The van der Waals surface area contributed by atoms with Gasteiger partial charge in [0, 0.05) is 6.54 Å². The smallest absolute Gasteiger partial charge is 0.327 e. The molecule has 4 atom stereocenters. The summed E-state index contributed by atoms with van der Waals surface area (Å²) in [6, 6.07) is 6.42. The number of β-lactam (4-membered cyclic amide) rings is 1. The van der Waals surface area contributed by atoms with Crippen molar-refractivity contribution in [1.82, 2.24) is 4.90 Å². The van der Waals surface area contributed by atoms with Crippen molar-refractivity contribution < 1.29 is 24.2 Å². The fraction of sp³-hybridized carbons (Fsp3) is 0.652. The number of methoxy groups -OCH3 is 1. The lowest BCUT2D eigenvalue weighted by atomic mass is 9.81. The molecule has 29 heavy (non-hydrogen) atoms. The highest BCUT2D eigenvalue weighted by molar-refractivity contribution is 5.97. The molecule has 0 bridgehead atoms. The average molecular weight is 406 g/mol. The Morgan fingerprint density at radius 3 is 2.21 bits per heavy atom. The van der Waals surface area contributed by atoms with Crippen LogP contribution in [0.5, 0.6) is 5.75 Å². The lowest BCUT2D eigenvalue weighted by Crippen LogP contribution is -2.67. The van der Waals surface area contributed by atoms with Crippen LogP contribution in [-0.4, -0.2) is 47.2 Å². The average Bonchev–Trinajstić information content (AvgIpc) is 2.62. The van der Waals surface area contributed by atoms with Gasteiger partial charge in [-0.05, 0) is 42.4 Å². The molecule has 1 unspecified atom stereocenters. The number of hydrogen-bond donors (Lipinski definition) is 1. The van der Waals surface area contributed by atoms with E-state index in [9.17, 15) is 14.7 Å². The second kappa shape index (κ2) is 9.16. The van der Waals surface area contributed by atoms with Crippen molar-refractivity contribution >= 4 is 11.9 Å². The van der Waals surface area contributed by atoms with Crippen LogP contribution >= 0.6 is 0 Å². The lowest BCUT2D eigenvalue weighted by Gasteiger charge is -2.47. The van der Waals surface area contributed by atoms with Gasteiger partial charge in [0.25, 0.3) is 0 Å². The maximum atomic E-state index is 12.8. The molecular weight excluding hydrogens is 370 g/mol. The first-order valence-corrected chi connectivity index (χ1v) is 10.3. The van der Waals surface area contributed by atoms with E-state index in [0.29, 0.717) is 0 Å². The second-order valence-electron chi connectivity index (χ2n) is 9.51. The quantitative estimate of drug-likeness (QED) is 0.629. The van der Waals surface area contributed by atoms with Crippen LogP contribution in [0.25, 0.3) is 0 Å². The number of carboxylic acids is 1. The molecule has 1 aliphatic rings. The first-order valence-electron chi connectivity index (χ1n) is 10.3. The molecule has 1 aromatic carbocycles. The topological polar surface area (TPSA) is 76.1 Å². The number of benzene rings is 1. The van der Waals surface area contributed by atoms with Gasteiger partial charge >= 0.3 is 5.97 Å². The molecule has 6 nitrogen and oxygen atoms in total. The Balaban J connectivity index is 2.10. The molecule has 1 aromatic rings. The molecule has 2 rings (SSSR count). The number of aliphatic carboxylic acids is 1. The molecule has 0 spiro atoms. The maximum absolute atomic E-state index is 12.8. The Labute approximate surface area is 174 Å². The highest BCUT2D eigenvalue weighted by Crippen LogP contribution is 2.35. The third-order valence-electron chi connectivity index (χ3n) is 5.46. The summed E-state index contributed by atoms with van der Waals surface area (Å²) in [5.41, 5.74) is 0.954. The predicted octanol–water partition coefficient (Wildman–Crippen LogP) is 3.97. The van der Waals surface area contributed by atoms with Gasteiger partial charge in [0.15, 0.2) is 0 Å². The summed E-state index contributed by atoms with van der Waals surface area (Å²) in [5.74, 6) is -0.816. The van der Waals surface area contributed by atoms with Crippen molar-refractivity contribution in [2.24, 2.45) is 17.3 Å². The monoisotopic (exact) mass is 405 g/mol. The Morgan fingerprint density at radius 1 is 1.17 bits per heavy atom. The Bertz CT molecular complexity index is 707. The van der Waals surface area contributed by atoms with E-state index in [4.69, 9.17) is 9.47 Å². The van der Waals surface area contributed by atoms with Crippen molar-refractivity contribution in [2.45, 2.75) is 72.8 Å². The van der Waals surface area contributed by atoms with E-state index in [1.807, 2.05) is 19.1 Å². The standard InChI is InChI=1S/C23H35NO5/c1-14(2)18(12-23(4,5)6)29-15(3)19-20(22(26)27)24(21(19)25)13-16-8-10-17(28-7)11-9-16/h8-11,14-15,18-20H,12-13H2,1-7H3,(H,26,27)/t15-,18?,19-,20+/m1/s1. The van der Waals surface area contributed by atoms with Crippen molar-refractivity contribution in [3.05, 3.63) is 29.8 Å². The highest BCUT2D eigenvalue weighted by Gasteiger charge is 2.54. The van der Waals surface area contributed by atoms with Crippen LogP contribution in [0.2, 0.25) is 0 Å². The molecule has 1 amide bonds. The molecule has 1 N–H and O–H groups in total.